The minimum Gasteiger partial charge on any atom is -0.493 e. The van der Waals surface area contributed by atoms with Gasteiger partial charge in [0.2, 0.25) is 5.91 Å². The molecule has 0 radical (unpaired) electrons. The third-order valence-corrected chi connectivity index (χ3v) is 3.98. The molecule has 5 heteroatoms. The molecule has 122 valence electrons. The Labute approximate surface area is 132 Å². The fraction of sp³-hybridized carbons (Fsp3) is 0.588. The molecule has 0 bridgehead atoms. The number of aliphatic hydroxyl groups is 1. The third kappa shape index (κ3) is 4.45. The van der Waals surface area contributed by atoms with Crippen LogP contribution in [0.5, 0.6) is 5.75 Å². The topological polar surface area (TPSA) is 61.8 Å². The van der Waals surface area contributed by atoms with Crippen molar-refractivity contribution in [1.29, 1.82) is 0 Å². The van der Waals surface area contributed by atoms with Gasteiger partial charge in [0.15, 0.2) is 0 Å². The summed E-state index contributed by atoms with van der Waals surface area (Å²) in [7, 11) is 0. The highest BCUT2D eigenvalue weighted by Crippen LogP contribution is 2.22. The first-order valence-corrected chi connectivity index (χ1v) is 8.09. The van der Waals surface area contributed by atoms with E-state index in [0.717, 1.165) is 43.7 Å². The summed E-state index contributed by atoms with van der Waals surface area (Å²) in [5.41, 5.74) is 1.11. The molecule has 0 saturated carbocycles. The van der Waals surface area contributed by atoms with Gasteiger partial charge in [-0.15, -0.1) is 0 Å². The lowest BCUT2D eigenvalue weighted by atomic mass is 10.1. The quantitative estimate of drug-likeness (QED) is 0.715. The van der Waals surface area contributed by atoms with Crippen LogP contribution >= 0.6 is 0 Å². The van der Waals surface area contributed by atoms with Crippen LogP contribution in [0.4, 0.5) is 0 Å². The van der Waals surface area contributed by atoms with Crippen LogP contribution in [0.3, 0.4) is 0 Å². The average Bonchev–Trinajstić information content (AvgIpc) is 2.53. The van der Waals surface area contributed by atoms with Crippen LogP contribution in [0.15, 0.2) is 24.3 Å². The van der Waals surface area contributed by atoms with E-state index in [9.17, 15) is 4.79 Å². The Morgan fingerprint density at radius 3 is 2.95 bits per heavy atom. The second-order valence-electron chi connectivity index (χ2n) is 5.57. The number of rotatable bonds is 8. The lowest BCUT2D eigenvalue weighted by molar-refractivity contribution is -0.129. The molecule has 5 nitrogen and oxygen atoms in total. The minimum absolute atomic E-state index is 0.0591. The number of carbonyl (C=O) groups is 1. The number of unbranched alkanes of at least 4 members (excludes halogenated alkanes) is 1. The van der Waals surface area contributed by atoms with Crippen molar-refractivity contribution in [2.75, 3.05) is 26.3 Å². The molecular weight excluding hydrogens is 280 g/mol. The molecule has 0 aromatic heterocycles. The number of hydrogen-bond acceptors (Lipinski definition) is 4. The van der Waals surface area contributed by atoms with Crippen LogP contribution < -0.4 is 10.1 Å². The number of para-hydroxylation sites is 1. The first-order valence-electron chi connectivity index (χ1n) is 8.09. The first-order chi connectivity index (χ1) is 10.8. The van der Waals surface area contributed by atoms with E-state index < -0.39 is 0 Å². The summed E-state index contributed by atoms with van der Waals surface area (Å²) < 4.78 is 5.84. The first kappa shape index (κ1) is 16.8. The van der Waals surface area contributed by atoms with Crippen molar-refractivity contribution >= 4 is 5.91 Å². The number of aliphatic hydroxyl groups excluding tert-OH is 1. The summed E-state index contributed by atoms with van der Waals surface area (Å²) in [6.07, 6.45) is 2.41. The normalized spacial score (nSPS) is 19.0. The molecule has 1 aliphatic rings. The molecule has 1 amide bonds. The van der Waals surface area contributed by atoms with E-state index in [4.69, 9.17) is 9.84 Å². The van der Waals surface area contributed by atoms with E-state index in [1.807, 2.05) is 25.1 Å². The highest BCUT2D eigenvalue weighted by atomic mass is 16.5. The van der Waals surface area contributed by atoms with E-state index in [2.05, 4.69) is 16.3 Å². The van der Waals surface area contributed by atoms with Gasteiger partial charge in [-0.2, -0.15) is 0 Å². The lowest BCUT2D eigenvalue weighted by Gasteiger charge is -2.34. The molecular formula is C17H26N2O3. The van der Waals surface area contributed by atoms with E-state index in [1.54, 1.807) is 0 Å². The Morgan fingerprint density at radius 2 is 2.18 bits per heavy atom. The van der Waals surface area contributed by atoms with Crippen molar-refractivity contribution in [3.8, 4) is 5.75 Å². The molecule has 1 aromatic rings. The number of carbonyl (C=O) groups excluding carboxylic acids is 1. The summed E-state index contributed by atoms with van der Waals surface area (Å²) in [6, 6.07) is 7.93. The standard InChI is InChI=1S/C17H26N2O3/c1-2-15-17(21)18-9-10-19(15)13-14-7-3-4-8-16(14)22-12-6-5-11-20/h3-4,7-8,15,20H,2,5-6,9-13H2,1H3,(H,18,21). The van der Waals surface area contributed by atoms with Crippen molar-refractivity contribution in [2.24, 2.45) is 0 Å². The smallest absolute Gasteiger partial charge is 0.237 e. The summed E-state index contributed by atoms with van der Waals surface area (Å²) in [5.74, 6) is 0.997. The fourth-order valence-corrected chi connectivity index (χ4v) is 2.79. The number of piperazine rings is 1. The summed E-state index contributed by atoms with van der Waals surface area (Å²) in [5, 5.41) is 11.7. The molecule has 2 N–H and O–H groups in total. The van der Waals surface area contributed by atoms with Crippen LogP contribution in [-0.4, -0.2) is 48.3 Å². The average molecular weight is 306 g/mol. The van der Waals surface area contributed by atoms with Gasteiger partial charge in [0.1, 0.15) is 5.75 Å². The van der Waals surface area contributed by atoms with Gasteiger partial charge in [-0.1, -0.05) is 25.1 Å². The van der Waals surface area contributed by atoms with E-state index in [1.165, 1.54) is 0 Å². The maximum atomic E-state index is 11.9. The molecule has 2 rings (SSSR count). The van der Waals surface area contributed by atoms with Gasteiger partial charge in [-0.3, -0.25) is 9.69 Å². The van der Waals surface area contributed by atoms with Crippen LogP contribution in [0.2, 0.25) is 0 Å². The highest BCUT2D eigenvalue weighted by Gasteiger charge is 2.28. The zero-order chi connectivity index (χ0) is 15.8. The van der Waals surface area contributed by atoms with Gasteiger partial charge >= 0.3 is 0 Å². The molecule has 1 aromatic carbocycles. The SMILES string of the molecule is CCC1C(=O)NCCN1Cc1ccccc1OCCCCO. The predicted octanol–water partition coefficient (Wildman–Crippen LogP) is 1.55. The van der Waals surface area contributed by atoms with Crippen molar-refractivity contribution in [3.63, 3.8) is 0 Å². The van der Waals surface area contributed by atoms with Crippen molar-refractivity contribution in [2.45, 2.75) is 38.8 Å². The largest absolute Gasteiger partial charge is 0.493 e. The lowest BCUT2D eigenvalue weighted by Crippen LogP contribution is -2.54. The zero-order valence-corrected chi connectivity index (χ0v) is 13.3. The summed E-state index contributed by atoms with van der Waals surface area (Å²) in [4.78, 5) is 14.2. The number of nitrogens with zero attached hydrogens (tertiary/aromatic N) is 1. The summed E-state index contributed by atoms with van der Waals surface area (Å²) in [6.45, 7) is 5.14. The van der Waals surface area contributed by atoms with E-state index in [0.29, 0.717) is 13.2 Å². The van der Waals surface area contributed by atoms with Crippen molar-refractivity contribution < 1.29 is 14.6 Å². The Kier molecular flexibility index (Phi) is 6.68. The summed E-state index contributed by atoms with van der Waals surface area (Å²) >= 11 is 0. The third-order valence-electron chi connectivity index (χ3n) is 3.98. The minimum atomic E-state index is -0.0591. The van der Waals surface area contributed by atoms with Gasteiger partial charge in [-0.05, 0) is 25.3 Å². The van der Waals surface area contributed by atoms with Gasteiger partial charge in [0.25, 0.3) is 0 Å². The maximum Gasteiger partial charge on any atom is 0.237 e. The molecule has 1 unspecified atom stereocenters. The second kappa shape index (κ2) is 8.76. The highest BCUT2D eigenvalue weighted by molar-refractivity contribution is 5.82. The molecule has 1 atom stereocenters. The van der Waals surface area contributed by atoms with Crippen LogP contribution in [0, 0.1) is 0 Å². The second-order valence-corrected chi connectivity index (χ2v) is 5.57. The zero-order valence-electron chi connectivity index (χ0n) is 13.3. The van der Waals surface area contributed by atoms with Crippen LogP contribution in [-0.2, 0) is 11.3 Å². The number of amides is 1. The van der Waals surface area contributed by atoms with E-state index in [-0.39, 0.29) is 18.6 Å². The molecule has 1 saturated heterocycles. The Hall–Kier alpha value is -1.59. The molecule has 1 aliphatic heterocycles. The van der Waals surface area contributed by atoms with Crippen LogP contribution in [0.25, 0.3) is 0 Å². The fourth-order valence-electron chi connectivity index (χ4n) is 2.79. The number of nitrogens with one attached hydrogen (secondary N) is 1. The Morgan fingerprint density at radius 1 is 1.36 bits per heavy atom. The van der Waals surface area contributed by atoms with Gasteiger partial charge in [0.05, 0.1) is 12.6 Å². The van der Waals surface area contributed by atoms with Gasteiger partial charge in [0, 0.05) is 31.8 Å². The number of ether oxygens (including phenoxy) is 1. The molecule has 0 spiro atoms. The maximum absolute atomic E-state index is 11.9. The van der Waals surface area contributed by atoms with Crippen molar-refractivity contribution in [3.05, 3.63) is 29.8 Å². The van der Waals surface area contributed by atoms with Crippen LogP contribution in [0.1, 0.15) is 31.7 Å². The molecule has 1 fully saturated rings. The monoisotopic (exact) mass is 306 g/mol. The van der Waals surface area contributed by atoms with Gasteiger partial charge < -0.3 is 15.2 Å². The predicted molar refractivity (Wildman–Crippen MR) is 85.8 cm³/mol. The molecule has 1 heterocycles. The Bertz CT molecular complexity index is 479. The number of benzene rings is 1. The van der Waals surface area contributed by atoms with Gasteiger partial charge in [-0.25, -0.2) is 0 Å². The molecule has 0 aliphatic carbocycles. The van der Waals surface area contributed by atoms with Crippen molar-refractivity contribution in [1.82, 2.24) is 10.2 Å². The van der Waals surface area contributed by atoms with E-state index >= 15 is 0 Å². The molecule has 22 heavy (non-hydrogen) atoms. The Balaban J connectivity index is 2.00. The number of hydrogen-bond donors (Lipinski definition) is 2.